The van der Waals surface area contributed by atoms with Crippen LogP contribution in [0.2, 0.25) is 0 Å². The van der Waals surface area contributed by atoms with E-state index in [0.29, 0.717) is 57.2 Å². The van der Waals surface area contributed by atoms with Gasteiger partial charge in [0, 0.05) is 35.2 Å². The van der Waals surface area contributed by atoms with Crippen LogP contribution in [0.1, 0.15) is 21.5 Å². The summed E-state index contributed by atoms with van der Waals surface area (Å²) in [5.74, 6) is 3.53. The second-order valence-electron chi connectivity index (χ2n) is 8.34. The summed E-state index contributed by atoms with van der Waals surface area (Å²) in [5, 5.41) is 3.17. The van der Waals surface area contributed by atoms with Crippen LogP contribution in [0.4, 0.5) is 5.69 Å². The fraction of sp³-hybridized carbons (Fsp3) is 0.258. The Morgan fingerprint density at radius 2 is 1.02 bits per heavy atom. The number of allylic oxidation sites excluding steroid dienone is 1. The Morgan fingerprint density at radius 1 is 0.561 bits per heavy atom. The Labute approximate surface area is 240 Å². The van der Waals surface area contributed by atoms with Gasteiger partial charge in [0.1, 0.15) is 0 Å². The molecule has 3 aromatic rings. The van der Waals surface area contributed by atoms with E-state index in [1.165, 1.54) is 27.4 Å². The molecule has 0 bridgehead atoms. The van der Waals surface area contributed by atoms with Crippen molar-refractivity contribution in [2.45, 2.75) is 0 Å². The Bertz CT molecular complexity index is 1380. The van der Waals surface area contributed by atoms with Gasteiger partial charge in [0.05, 0.1) is 56.9 Å². The van der Waals surface area contributed by atoms with Crippen LogP contribution in [0.25, 0.3) is 12.2 Å². The van der Waals surface area contributed by atoms with Gasteiger partial charge in [-0.25, -0.2) is 0 Å². The zero-order chi connectivity index (χ0) is 29.9. The number of carbonyl (C=O) groups is 1. The largest absolute Gasteiger partial charge is 0.493 e. The molecule has 0 saturated heterocycles. The maximum atomic E-state index is 13.0. The molecule has 1 N–H and O–H groups in total. The second-order valence-corrected chi connectivity index (χ2v) is 8.34. The minimum absolute atomic E-state index is 0.272. The van der Waals surface area contributed by atoms with Gasteiger partial charge in [-0.2, -0.15) is 0 Å². The number of ether oxygens (including phenoxy) is 8. The van der Waals surface area contributed by atoms with Crippen molar-refractivity contribution < 1.29 is 42.7 Å². The van der Waals surface area contributed by atoms with Gasteiger partial charge in [0.15, 0.2) is 40.3 Å². The number of carbonyl (C=O) groups excluding carboxylic acids is 1. The number of rotatable bonds is 14. The average Bonchev–Trinajstić information content (AvgIpc) is 3.01. The van der Waals surface area contributed by atoms with E-state index >= 15 is 0 Å². The van der Waals surface area contributed by atoms with Crippen molar-refractivity contribution in [1.82, 2.24) is 0 Å². The van der Waals surface area contributed by atoms with Crippen molar-refractivity contribution in [2.24, 2.45) is 0 Å². The molecule has 3 aromatic carbocycles. The molecule has 41 heavy (non-hydrogen) atoms. The summed E-state index contributed by atoms with van der Waals surface area (Å²) in [6, 6.07) is 10.5. The molecule has 218 valence electrons. The number of hydrogen-bond donors (Lipinski definition) is 1. The third-order valence-electron chi connectivity index (χ3n) is 6.12. The van der Waals surface area contributed by atoms with Crippen molar-refractivity contribution in [3.05, 3.63) is 65.4 Å². The first-order chi connectivity index (χ1) is 19.9. The van der Waals surface area contributed by atoms with Gasteiger partial charge in [0.25, 0.3) is 0 Å². The normalized spacial score (nSPS) is 10.8. The molecule has 0 aliphatic rings. The van der Waals surface area contributed by atoms with Gasteiger partial charge >= 0.3 is 0 Å². The molecule has 0 radical (unpaired) electrons. The van der Waals surface area contributed by atoms with Crippen molar-refractivity contribution in [2.75, 3.05) is 62.2 Å². The highest BCUT2D eigenvalue weighted by Gasteiger charge is 2.16. The Hall–Kier alpha value is -4.99. The third kappa shape index (κ3) is 6.96. The summed E-state index contributed by atoms with van der Waals surface area (Å²) in [6.45, 7) is 0. The second kappa shape index (κ2) is 14.4. The van der Waals surface area contributed by atoms with E-state index in [1.807, 2.05) is 30.4 Å². The maximum absolute atomic E-state index is 13.0. The molecule has 0 heterocycles. The van der Waals surface area contributed by atoms with Crippen LogP contribution < -0.4 is 43.2 Å². The van der Waals surface area contributed by atoms with Crippen LogP contribution in [-0.4, -0.2) is 62.7 Å². The summed E-state index contributed by atoms with van der Waals surface area (Å²) in [5.41, 5.74) is 2.61. The summed E-state index contributed by atoms with van der Waals surface area (Å²) in [4.78, 5) is 13.0. The number of ketones is 1. The van der Waals surface area contributed by atoms with Gasteiger partial charge in [0.2, 0.25) is 11.5 Å². The fourth-order valence-electron chi connectivity index (χ4n) is 4.07. The van der Waals surface area contributed by atoms with Crippen molar-refractivity contribution in [3.8, 4) is 46.0 Å². The van der Waals surface area contributed by atoms with Crippen molar-refractivity contribution in [3.63, 3.8) is 0 Å². The lowest BCUT2D eigenvalue weighted by molar-refractivity contribution is 0.104. The predicted octanol–water partition coefficient (Wildman–Crippen LogP) is 5.73. The summed E-state index contributed by atoms with van der Waals surface area (Å²) >= 11 is 0. The van der Waals surface area contributed by atoms with E-state index < -0.39 is 0 Å². The third-order valence-corrected chi connectivity index (χ3v) is 6.12. The van der Waals surface area contributed by atoms with E-state index in [4.69, 9.17) is 37.9 Å². The summed E-state index contributed by atoms with van der Waals surface area (Å²) in [6.07, 6.45) is 6.73. The first kappa shape index (κ1) is 30.6. The molecule has 10 heteroatoms. The molecule has 0 aromatic heterocycles. The number of methoxy groups -OCH3 is 8. The number of nitrogens with one attached hydrogen (secondary N) is 1. The van der Waals surface area contributed by atoms with Crippen molar-refractivity contribution in [1.29, 1.82) is 0 Å². The Balaban J connectivity index is 1.95. The zero-order valence-corrected chi connectivity index (χ0v) is 24.4. The molecule has 0 amide bonds. The quantitative estimate of drug-likeness (QED) is 0.148. The smallest absolute Gasteiger partial charge is 0.203 e. The molecule has 3 rings (SSSR count). The first-order valence-electron chi connectivity index (χ1n) is 12.4. The molecule has 0 aliphatic carbocycles. The number of anilines is 1. The maximum Gasteiger partial charge on any atom is 0.203 e. The van der Waals surface area contributed by atoms with Gasteiger partial charge in [-0.15, -0.1) is 0 Å². The molecular formula is C31H35NO9. The lowest BCUT2D eigenvalue weighted by Crippen LogP contribution is -2.02. The molecule has 0 fully saturated rings. The monoisotopic (exact) mass is 565 g/mol. The van der Waals surface area contributed by atoms with Gasteiger partial charge < -0.3 is 43.2 Å². The summed E-state index contributed by atoms with van der Waals surface area (Å²) < 4.78 is 43.4. The molecule has 0 atom stereocenters. The Kier molecular flexibility index (Phi) is 10.7. The van der Waals surface area contributed by atoms with E-state index in [-0.39, 0.29) is 5.78 Å². The SMILES string of the molecule is COc1cc(/C=C\c2cc(OC)c(OC)c(OC)c2)c(N/C=C\C(=O)c2cc(OC)c(OC)c(OC)c2)cc1OC. The lowest BCUT2D eigenvalue weighted by atomic mass is 10.1. The van der Waals surface area contributed by atoms with Crippen LogP contribution in [0.15, 0.2) is 48.7 Å². The number of benzene rings is 3. The highest BCUT2D eigenvalue weighted by molar-refractivity contribution is 6.05. The minimum Gasteiger partial charge on any atom is -0.493 e. The predicted molar refractivity (Wildman–Crippen MR) is 158 cm³/mol. The van der Waals surface area contributed by atoms with Crippen molar-refractivity contribution >= 4 is 23.6 Å². The lowest BCUT2D eigenvalue weighted by Gasteiger charge is -2.14. The van der Waals surface area contributed by atoms with Crippen LogP contribution in [0.5, 0.6) is 46.0 Å². The van der Waals surface area contributed by atoms with Crippen LogP contribution in [-0.2, 0) is 0 Å². The molecule has 0 unspecified atom stereocenters. The topological polar surface area (TPSA) is 103 Å². The molecule has 10 nitrogen and oxygen atoms in total. The zero-order valence-electron chi connectivity index (χ0n) is 24.4. The minimum atomic E-state index is -0.272. The number of hydrogen-bond acceptors (Lipinski definition) is 10. The van der Waals surface area contributed by atoms with Crippen LogP contribution in [0, 0.1) is 0 Å². The summed E-state index contributed by atoms with van der Waals surface area (Å²) in [7, 11) is 12.3. The molecule has 0 aliphatic heterocycles. The standard InChI is InChI=1S/C31H35NO9/c1-34-24-15-20(10-9-19-13-26(36-3)30(40-7)27(14-19)37-4)22(18-25(24)35-2)32-12-11-23(33)21-16-28(38-5)31(41-8)29(17-21)39-6/h9-18,32H,1-8H3/b10-9-,12-11-. The Morgan fingerprint density at radius 3 is 1.49 bits per heavy atom. The highest BCUT2D eigenvalue weighted by Crippen LogP contribution is 2.40. The van der Waals surface area contributed by atoms with E-state index in [2.05, 4.69) is 5.32 Å². The fourth-order valence-corrected chi connectivity index (χ4v) is 4.07. The first-order valence-corrected chi connectivity index (χ1v) is 12.4. The van der Waals surface area contributed by atoms with Crippen LogP contribution >= 0.6 is 0 Å². The molecule has 0 spiro atoms. The van der Waals surface area contributed by atoms with Gasteiger partial charge in [-0.1, -0.05) is 12.2 Å². The van der Waals surface area contributed by atoms with Crippen LogP contribution in [0.3, 0.4) is 0 Å². The van der Waals surface area contributed by atoms with Gasteiger partial charge in [-0.3, -0.25) is 4.79 Å². The average molecular weight is 566 g/mol. The van der Waals surface area contributed by atoms with E-state index in [1.54, 1.807) is 59.9 Å². The molecular weight excluding hydrogens is 530 g/mol. The van der Waals surface area contributed by atoms with E-state index in [9.17, 15) is 4.79 Å². The molecule has 0 saturated carbocycles. The van der Waals surface area contributed by atoms with E-state index in [0.717, 1.165) is 11.1 Å². The highest BCUT2D eigenvalue weighted by atomic mass is 16.5. The van der Waals surface area contributed by atoms with Gasteiger partial charge in [-0.05, 0) is 35.9 Å².